The van der Waals surface area contributed by atoms with Gasteiger partial charge < -0.3 is 10.1 Å². The van der Waals surface area contributed by atoms with E-state index in [4.69, 9.17) is 4.74 Å². The zero-order valence-electron chi connectivity index (χ0n) is 10.2. The van der Waals surface area contributed by atoms with E-state index in [1.807, 2.05) is 6.92 Å². The molecular weight excluding hydrogens is 298 g/mol. The summed E-state index contributed by atoms with van der Waals surface area (Å²) in [4.78, 5) is 8.73. The van der Waals surface area contributed by atoms with Crippen molar-refractivity contribution in [3.05, 3.63) is 22.3 Å². The van der Waals surface area contributed by atoms with E-state index in [1.165, 1.54) is 0 Å². The predicted molar refractivity (Wildman–Crippen MR) is 71.6 cm³/mol. The summed E-state index contributed by atoms with van der Waals surface area (Å²) >= 11 is 3.43. The summed E-state index contributed by atoms with van der Waals surface area (Å²) in [6.07, 6.45) is 0. The molecule has 0 aliphatic heterocycles. The average Bonchev–Trinajstić information content (AvgIpc) is 2.42. The monoisotopic (exact) mass is 309 g/mol. The Kier molecular flexibility index (Phi) is 3.71. The number of nitrogens with one attached hydrogen (secondary N) is 1. The Morgan fingerprint density at radius 2 is 2.00 bits per heavy atom. The Labute approximate surface area is 113 Å². The lowest BCUT2D eigenvalue weighted by molar-refractivity contribution is 0.392. The number of hydrogen-bond acceptors (Lipinski definition) is 6. The zero-order valence-corrected chi connectivity index (χ0v) is 11.8. The van der Waals surface area contributed by atoms with Crippen molar-refractivity contribution in [1.82, 2.24) is 20.2 Å². The van der Waals surface area contributed by atoms with Gasteiger partial charge in [-0.1, -0.05) is 0 Å². The van der Waals surface area contributed by atoms with Crippen LogP contribution < -0.4 is 10.1 Å². The van der Waals surface area contributed by atoms with Crippen LogP contribution in [0.1, 0.15) is 5.69 Å². The first kappa shape index (κ1) is 12.7. The minimum absolute atomic E-state index is 0.460. The lowest BCUT2D eigenvalue weighted by atomic mass is 10.3. The van der Waals surface area contributed by atoms with Crippen molar-refractivity contribution >= 4 is 21.7 Å². The lowest BCUT2D eigenvalue weighted by Crippen LogP contribution is -2.02. The van der Waals surface area contributed by atoms with Crippen LogP contribution in [0.2, 0.25) is 0 Å². The van der Waals surface area contributed by atoms with Crippen LogP contribution in [0.3, 0.4) is 0 Å². The summed E-state index contributed by atoms with van der Waals surface area (Å²) in [6, 6.07) is 3.50. The van der Waals surface area contributed by atoms with Crippen LogP contribution in [-0.4, -0.2) is 34.3 Å². The quantitative estimate of drug-likeness (QED) is 0.935. The Bertz CT molecular complexity index is 558. The number of rotatable bonds is 3. The van der Waals surface area contributed by atoms with E-state index in [1.54, 1.807) is 26.3 Å². The number of aromatic nitrogens is 4. The molecule has 0 aliphatic rings. The van der Waals surface area contributed by atoms with E-state index in [2.05, 4.69) is 41.4 Å². The molecule has 0 bridgehead atoms. The fourth-order valence-corrected chi connectivity index (χ4v) is 1.76. The smallest absolute Gasteiger partial charge is 0.233 e. The predicted octanol–water partition coefficient (Wildman–Crippen LogP) is 2.05. The molecule has 0 amide bonds. The fraction of sp³-hybridized carbons (Fsp3) is 0.273. The van der Waals surface area contributed by atoms with Crippen LogP contribution in [-0.2, 0) is 0 Å². The second-order valence-corrected chi connectivity index (χ2v) is 4.30. The van der Waals surface area contributed by atoms with Gasteiger partial charge in [-0.2, -0.15) is 0 Å². The van der Waals surface area contributed by atoms with Crippen LogP contribution in [0, 0.1) is 6.92 Å². The summed E-state index contributed by atoms with van der Waals surface area (Å²) in [7, 11) is 3.35. The maximum absolute atomic E-state index is 4.96. The topological polar surface area (TPSA) is 72.8 Å². The van der Waals surface area contributed by atoms with Crippen molar-refractivity contribution in [3.63, 3.8) is 0 Å². The van der Waals surface area contributed by atoms with E-state index < -0.39 is 0 Å². The molecule has 0 fully saturated rings. The van der Waals surface area contributed by atoms with Crippen molar-refractivity contribution in [2.45, 2.75) is 6.92 Å². The molecule has 18 heavy (non-hydrogen) atoms. The highest BCUT2D eigenvalue weighted by molar-refractivity contribution is 9.10. The molecule has 0 saturated carbocycles. The first-order chi connectivity index (χ1) is 8.65. The van der Waals surface area contributed by atoms with Gasteiger partial charge in [-0.15, -0.1) is 10.2 Å². The Morgan fingerprint density at radius 1 is 1.22 bits per heavy atom. The molecule has 94 valence electrons. The number of anilines is 1. The van der Waals surface area contributed by atoms with E-state index in [0.717, 1.165) is 16.0 Å². The third-order valence-electron chi connectivity index (χ3n) is 2.33. The van der Waals surface area contributed by atoms with E-state index in [9.17, 15) is 0 Å². The number of aryl methyl sites for hydroxylation is 1. The molecule has 0 atom stereocenters. The Balaban J connectivity index is 2.46. The van der Waals surface area contributed by atoms with Crippen molar-refractivity contribution < 1.29 is 4.74 Å². The highest BCUT2D eigenvalue weighted by Gasteiger charge is 2.11. The van der Waals surface area contributed by atoms with Crippen LogP contribution in [0.5, 0.6) is 5.88 Å². The lowest BCUT2D eigenvalue weighted by Gasteiger charge is -2.07. The summed E-state index contributed by atoms with van der Waals surface area (Å²) < 4.78 is 5.80. The number of ether oxygens (including phenoxy) is 1. The summed E-state index contributed by atoms with van der Waals surface area (Å²) in [6.45, 7) is 1.90. The maximum Gasteiger partial charge on any atom is 0.233 e. The zero-order chi connectivity index (χ0) is 13.1. The molecule has 0 aliphatic carbocycles. The minimum atomic E-state index is 0.460. The molecule has 2 aromatic heterocycles. The second kappa shape index (κ2) is 5.26. The summed E-state index contributed by atoms with van der Waals surface area (Å²) in [5.41, 5.74) is 1.44. The molecule has 2 rings (SSSR count). The molecular formula is C11H12BrN5O. The van der Waals surface area contributed by atoms with Crippen LogP contribution in [0.4, 0.5) is 5.82 Å². The van der Waals surface area contributed by atoms with E-state index in [-0.39, 0.29) is 0 Å². The van der Waals surface area contributed by atoms with Crippen molar-refractivity contribution in [2.24, 2.45) is 0 Å². The Hall–Kier alpha value is -1.76. The normalized spacial score (nSPS) is 10.2. The van der Waals surface area contributed by atoms with Crippen molar-refractivity contribution in [1.29, 1.82) is 0 Å². The van der Waals surface area contributed by atoms with Crippen molar-refractivity contribution in [3.8, 4) is 17.4 Å². The molecule has 0 radical (unpaired) electrons. The van der Waals surface area contributed by atoms with Gasteiger partial charge in [0.25, 0.3) is 0 Å². The largest absolute Gasteiger partial charge is 0.480 e. The highest BCUT2D eigenvalue weighted by Crippen LogP contribution is 2.25. The molecule has 0 spiro atoms. The van der Waals surface area contributed by atoms with Crippen LogP contribution in [0.25, 0.3) is 11.5 Å². The van der Waals surface area contributed by atoms with E-state index in [0.29, 0.717) is 17.4 Å². The summed E-state index contributed by atoms with van der Waals surface area (Å²) in [5, 5.41) is 10.9. The van der Waals surface area contributed by atoms with Crippen LogP contribution in [0.15, 0.2) is 16.6 Å². The SMILES string of the molecule is CNc1nc(-c2ccc(OC)nn2)nc(C)c1Br. The third-order valence-corrected chi connectivity index (χ3v) is 3.28. The van der Waals surface area contributed by atoms with Gasteiger partial charge in [-0.05, 0) is 28.9 Å². The summed E-state index contributed by atoms with van der Waals surface area (Å²) in [5.74, 6) is 1.70. The van der Waals surface area contributed by atoms with E-state index >= 15 is 0 Å². The molecule has 2 aromatic rings. The number of nitrogens with zero attached hydrogens (tertiary/aromatic N) is 4. The first-order valence-electron chi connectivity index (χ1n) is 5.25. The Morgan fingerprint density at radius 3 is 2.56 bits per heavy atom. The number of halogens is 1. The van der Waals surface area contributed by atoms with Crippen LogP contribution >= 0.6 is 15.9 Å². The van der Waals surface area contributed by atoms with Gasteiger partial charge in [0.1, 0.15) is 11.5 Å². The number of methoxy groups -OCH3 is 1. The van der Waals surface area contributed by atoms with Gasteiger partial charge in [0.05, 0.1) is 17.3 Å². The third kappa shape index (κ3) is 2.40. The second-order valence-electron chi connectivity index (χ2n) is 3.51. The fourth-order valence-electron chi connectivity index (χ4n) is 1.39. The van der Waals surface area contributed by atoms with Crippen molar-refractivity contribution in [2.75, 3.05) is 19.5 Å². The minimum Gasteiger partial charge on any atom is -0.480 e. The van der Waals surface area contributed by atoms with Gasteiger partial charge in [-0.3, -0.25) is 0 Å². The average molecular weight is 310 g/mol. The number of hydrogen-bond donors (Lipinski definition) is 1. The van der Waals surface area contributed by atoms with Gasteiger partial charge in [0, 0.05) is 13.1 Å². The molecule has 6 nitrogen and oxygen atoms in total. The van der Waals surface area contributed by atoms with Gasteiger partial charge in [-0.25, -0.2) is 9.97 Å². The maximum atomic E-state index is 4.96. The standard InChI is InChI=1S/C11H12BrN5O/c1-6-9(12)11(13-2)15-10(14-6)7-4-5-8(18-3)17-16-7/h4-5H,1-3H3,(H,13,14,15). The van der Waals surface area contributed by atoms with Gasteiger partial charge in [0.15, 0.2) is 5.82 Å². The molecule has 2 heterocycles. The molecule has 0 saturated heterocycles. The van der Waals surface area contributed by atoms with Gasteiger partial charge in [0.2, 0.25) is 5.88 Å². The first-order valence-corrected chi connectivity index (χ1v) is 6.05. The van der Waals surface area contributed by atoms with Gasteiger partial charge >= 0.3 is 0 Å². The molecule has 0 aromatic carbocycles. The molecule has 7 heteroatoms. The molecule has 0 unspecified atom stereocenters. The highest BCUT2D eigenvalue weighted by atomic mass is 79.9. The molecule has 1 N–H and O–H groups in total.